The van der Waals surface area contributed by atoms with Gasteiger partial charge in [0.1, 0.15) is 62.6 Å². The van der Waals surface area contributed by atoms with Gasteiger partial charge in [0.05, 0.1) is 88.8 Å². The first-order valence-electron chi connectivity index (χ1n) is 36.4. The van der Waals surface area contributed by atoms with Crippen molar-refractivity contribution in [1.82, 2.24) is 42.8 Å². The summed E-state index contributed by atoms with van der Waals surface area (Å²) in [5.41, 5.74) is 33.9. The zero-order valence-corrected chi connectivity index (χ0v) is 65.1. The summed E-state index contributed by atoms with van der Waals surface area (Å²) in [5.74, 6) is -0.175. The Morgan fingerprint density at radius 1 is 0.416 bits per heavy atom. The first-order chi connectivity index (χ1) is 55.2. The number of ether oxygens (including phenoxy) is 1. The molecule has 0 bridgehead atoms. The van der Waals surface area contributed by atoms with E-state index in [1.165, 1.54) is 39.4 Å². The van der Waals surface area contributed by atoms with Crippen LogP contribution in [-0.4, -0.2) is 84.8 Å². The fraction of sp³-hybridized carbons (Fsp3) is 0.0761. The van der Waals surface area contributed by atoms with E-state index in [1.54, 1.807) is 6.92 Å². The van der Waals surface area contributed by atoms with Crippen LogP contribution < -0.4 is 39.8 Å². The lowest BCUT2D eigenvalue weighted by molar-refractivity contribution is -0.0000403. The van der Waals surface area contributed by atoms with Gasteiger partial charge in [-0.25, -0.2) is 24.4 Å². The number of rotatable bonds is 17. The number of halogens is 2. The minimum atomic E-state index is -2.20. The Morgan fingerprint density at radius 2 is 0.752 bits per heavy atom. The standard InChI is InChI=1S/C36H27N3PS.C20H15N3O3.C18H12ClN3S.C18H19N3O.ClH/c1-6-16-27(17-7-1)33-32(37-34(28-18-8-2-9-19-28)36-35(33)38-41-39-36)26-40(29-20-10-3-11-21-29,30-22-12-4-13-23-30)31-24-14-5-15-25-31;1-2-25-20(24)18-15(13-9-5-3-6-10-13)17-19(23-26-22-17)16(21-18)14-11-7-4-8-12-14;19-11-14-15(12-7-3-1-4-8-12)17-18(22-23-21-17)16(20-14)13-9-5-2-6-10-13;19-16-15(12-7-3-1-4-8-12)14(11-22)21-18(17(16)20)13-9-5-2-6-10-13;/h1-25H,26H2;3-12H,2H2,1H3;1-10H,11H2;1-10,16-17,22H,11,19-20H2;1H/q+1;;;;/p-1. The van der Waals surface area contributed by atoms with E-state index in [0.29, 0.717) is 33.9 Å². The van der Waals surface area contributed by atoms with E-state index in [1.807, 2.05) is 188 Å². The van der Waals surface area contributed by atoms with Crippen LogP contribution in [0.25, 0.3) is 106 Å². The van der Waals surface area contributed by atoms with Gasteiger partial charge >= 0.3 is 5.97 Å². The molecular weight excluding hydrogens is 1500 g/mol. The quantitative estimate of drug-likeness (QED) is 0.0436. The number of carbonyl (C=O) groups is 1. The highest BCUT2D eigenvalue weighted by Gasteiger charge is 2.47. The number of nitrogens with zero attached hydrogens (tertiary/aromatic N) is 10. The number of aromatic nitrogens is 9. The summed E-state index contributed by atoms with van der Waals surface area (Å²) in [7, 11) is -2.20. The van der Waals surface area contributed by atoms with Crippen molar-refractivity contribution in [3.63, 3.8) is 0 Å². The largest absolute Gasteiger partial charge is 1.00 e. The summed E-state index contributed by atoms with van der Waals surface area (Å²) >= 11 is 8.66. The second kappa shape index (κ2) is 36.7. The fourth-order valence-corrected chi connectivity index (χ4v) is 19.5. The van der Waals surface area contributed by atoms with Crippen molar-refractivity contribution in [2.75, 3.05) is 13.2 Å². The Hall–Kier alpha value is -12.3. The van der Waals surface area contributed by atoms with Crippen LogP contribution in [0.2, 0.25) is 0 Å². The third kappa shape index (κ3) is 16.6. The summed E-state index contributed by atoms with van der Waals surface area (Å²) in [6, 6.07) is 112. The zero-order chi connectivity index (χ0) is 76.6. The van der Waals surface area contributed by atoms with Crippen LogP contribution in [0.4, 0.5) is 0 Å². The van der Waals surface area contributed by atoms with Gasteiger partial charge in [0.25, 0.3) is 0 Å². The number of fused-ring (bicyclic) bond motifs is 3. The first-order valence-corrected chi connectivity index (χ1v) is 40.3. The summed E-state index contributed by atoms with van der Waals surface area (Å²) in [4.78, 5) is 32.2. The minimum absolute atomic E-state index is 0. The Labute approximate surface area is 673 Å². The molecule has 0 radical (unpaired) electrons. The molecule has 5 N–H and O–H groups in total. The van der Waals surface area contributed by atoms with Gasteiger partial charge in [-0.2, -0.15) is 17.5 Å². The Balaban J connectivity index is 0.000000129. The molecule has 1 aliphatic heterocycles. The molecule has 0 spiro atoms. The summed E-state index contributed by atoms with van der Waals surface area (Å²) in [5, 5.41) is 21.8. The fourth-order valence-electron chi connectivity index (χ4n) is 14.0. The second-order valence-electron chi connectivity index (χ2n) is 26.0. The van der Waals surface area contributed by atoms with E-state index in [9.17, 15) is 9.90 Å². The number of aliphatic hydroxyl groups is 1. The van der Waals surface area contributed by atoms with Gasteiger partial charge in [-0.15, -0.1) is 11.6 Å². The Kier molecular flexibility index (Phi) is 25.1. The average molecular weight is 1580 g/mol. The summed E-state index contributed by atoms with van der Waals surface area (Å²) in [6.45, 7) is 1.85. The molecule has 0 amide bonds. The number of aliphatic imine (C=N–C) groups is 1. The van der Waals surface area contributed by atoms with Gasteiger partial charge in [0.15, 0.2) is 11.2 Å². The van der Waals surface area contributed by atoms with Crippen LogP contribution in [0.5, 0.6) is 0 Å². The topological polar surface area (TPSA) is 240 Å². The average Bonchev–Trinajstić information content (AvgIpc) is 1.71. The smallest absolute Gasteiger partial charge is 0.357 e. The number of nitrogens with two attached hydrogens (primary N) is 2. The van der Waals surface area contributed by atoms with Crippen molar-refractivity contribution in [2.45, 2.75) is 31.0 Å². The van der Waals surface area contributed by atoms with E-state index in [-0.39, 0.29) is 31.3 Å². The monoisotopic (exact) mass is 1570 g/mol. The van der Waals surface area contributed by atoms with Crippen molar-refractivity contribution in [3.05, 3.63) is 368 Å². The third-order valence-corrected chi connectivity index (χ3v) is 24.8. The second-order valence-corrected chi connectivity index (χ2v) is 30.8. The maximum absolute atomic E-state index is 12.6. The molecule has 6 aromatic heterocycles. The van der Waals surface area contributed by atoms with Crippen molar-refractivity contribution in [1.29, 1.82) is 0 Å². The zero-order valence-electron chi connectivity index (χ0n) is 61.1. The lowest BCUT2D eigenvalue weighted by Gasteiger charge is -2.30. The third-order valence-electron chi connectivity index (χ3n) is 19.2. The van der Waals surface area contributed by atoms with Crippen LogP contribution in [0.3, 0.4) is 0 Å². The molecule has 11 aromatic carbocycles. The van der Waals surface area contributed by atoms with Gasteiger partial charge in [-0.1, -0.05) is 297 Å². The number of carbonyl (C=O) groups excluding carboxylic acids is 1. The molecule has 113 heavy (non-hydrogen) atoms. The van der Waals surface area contributed by atoms with Crippen LogP contribution in [0.1, 0.15) is 39.9 Å². The number of aliphatic hydroxyl groups excluding tert-OH is 1. The predicted octanol–water partition coefficient (Wildman–Crippen LogP) is 15.8. The van der Waals surface area contributed by atoms with Crippen LogP contribution in [0.15, 0.2) is 349 Å². The number of pyridine rings is 3. The van der Waals surface area contributed by atoms with Gasteiger partial charge in [0.2, 0.25) is 0 Å². The van der Waals surface area contributed by atoms with Crippen molar-refractivity contribution >= 4 is 109 Å². The van der Waals surface area contributed by atoms with E-state index in [2.05, 4.69) is 175 Å². The molecule has 0 fully saturated rings. The molecular formula is C92H73Cl2N12O4PS2. The van der Waals surface area contributed by atoms with E-state index in [0.717, 1.165) is 118 Å². The molecule has 2 unspecified atom stereocenters. The Morgan fingerprint density at radius 3 is 1.15 bits per heavy atom. The number of hydrogen-bond donors (Lipinski definition) is 3. The SMILES string of the molecule is CCOC(=O)c1nc(-c2ccccc2)c2nonc2c1-c1ccccc1.ClCc1nc(-c2ccccc2)c2nsnc2c1-c1ccccc1.NC1C(c2ccccc2)=NC(CO)=C(c2ccccc2)C1N.[Cl-].c1ccc(-c2nc(C[P+](c3ccccc3)(c3ccccc3)c3ccccc3)c(-c3ccccc3)c3nsnc23)cc1. The van der Waals surface area contributed by atoms with Crippen molar-refractivity contribution in [2.24, 2.45) is 16.5 Å². The van der Waals surface area contributed by atoms with E-state index in [4.69, 9.17) is 51.1 Å². The molecule has 17 aromatic rings. The maximum Gasteiger partial charge on any atom is 0.357 e. The number of hydrogen-bond acceptors (Lipinski definition) is 18. The van der Waals surface area contributed by atoms with Crippen LogP contribution in [-0.2, 0) is 16.8 Å². The summed E-state index contributed by atoms with van der Waals surface area (Å²) < 4.78 is 28.9. The highest BCUT2D eigenvalue weighted by molar-refractivity contribution is 7.95. The van der Waals surface area contributed by atoms with Gasteiger partial charge in [-0.3, -0.25) is 4.99 Å². The molecule has 21 heteroatoms. The molecule has 0 saturated carbocycles. The normalized spacial score (nSPS) is 13.1. The molecule has 556 valence electrons. The highest BCUT2D eigenvalue weighted by Crippen LogP contribution is 2.59. The van der Waals surface area contributed by atoms with Gasteiger partial charge < -0.3 is 33.7 Å². The molecule has 1 aliphatic rings. The van der Waals surface area contributed by atoms with Gasteiger partial charge in [-0.05, 0) is 81.5 Å². The molecule has 18 rings (SSSR count). The molecule has 16 nitrogen and oxygen atoms in total. The molecule has 2 atom stereocenters. The van der Waals surface area contributed by atoms with Gasteiger partial charge in [0, 0.05) is 39.0 Å². The van der Waals surface area contributed by atoms with Crippen LogP contribution in [0, 0.1) is 0 Å². The predicted molar refractivity (Wildman–Crippen MR) is 456 cm³/mol. The number of esters is 1. The summed E-state index contributed by atoms with van der Waals surface area (Å²) in [6.07, 6.45) is 0.753. The van der Waals surface area contributed by atoms with Crippen molar-refractivity contribution in [3.8, 4) is 67.2 Å². The van der Waals surface area contributed by atoms with Crippen molar-refractivity contribution < 1.29 is 31.7 Å². The molecule has 7 heterocycles. The first kappa shape index (κ1) is 77.4. The number of benzene rings is 11. The molecule has 0 saturated heterocycles. The maximum atomic E-state index is 12.6. The molecule has 0 aliphatic carbocycles. The van der Waals surface area contributed by atoms with E-state index >= 15 is 0 Å². The lowest BCUT2D eigenvalue weighted by Crippen LogP contribution is -3.00. The highest BCUT2D eigenvalue weighted by atomic mass is 35.5. The minimum Gasteiger partial charge on any atom is -1.00 e. The van der Waals surface area contributed by atoms with E-state index < -0.39 is 25.3 Å². The Bertz CT molecular complexity index is 5980. The lowest BCUT2D eigenvalue weighted by atomic mass is 9.85. The van der Waals surface area contributed by atoms with Crippen LogP contribution >= 0.6 is 42.3 Å². The number of alkyl halides is 1.